The molecule has 2 heterocycles. The summed E-state index contributed by atoms with van der Waals surface area (Å²) in [6, 6.07) is 12.0. The van der Waals surface area contributed by atoms with Crippen LogP contribution in [0, 0.1) is 0 Å². The SMILES string of the molecule is O=C(NCC(c1ccco1)n1cccn1)Nc1ccccc1Cl. The highest BCUT2D eigenvalue weighted by molar-refractivity contribution is 6.33. The first-order chi connectivity index (χ1) is 11.2. The Morgan fingerprint density at radius 2 is 2.13 bits per heavy atom. The number of amides is 2. The van der Waals surface area contributed by atoms with Gasteiger partial charge in [-0.05, 0) is 30.3 Å². The van der Waals surface area contributed by atoms with Gasteiger partial charge >= 0.3 is 6.03 Å². The van der Waals surface area contributed by atoms with Crippen molar-refractivity contribution in [2.24, 2.45) is 0 Å². The molecule has 2 N–H and O–H groups in total. The normalized spacial score (nSPS) is 11.9. The fourth-order valence-electron chi connectivity index (χ4n) is 2.19. The summed E-state index contributed by atoms with van der Waals surface area (Å²) in [6.07, 6.45) is 5.09. The van der Waals surface area contributed by atoms with Gasteiger partial charge in [0.2, 0.25) is 0 Å². The molecule has 3 rings (SSSR count). The van der Waals surface area contributed by atoms with Gasteiger partial charge in [0, 0.05) is 18.9 Å². The average molecular weight is 331 g/mol. The zero-order valence-electron chi connectivity index (χ0n) is 12.1. The van der Waals surface area contributed by atoms with E-state index in [0.29, 0.717) is 23.0 Å². The van der Waals surface area contributed by atoms with Crippen LogP contribution >= 0.6 is 11.6 Å². The Balaban J connectivity index is 1.65. The summed E-state index contributed by atoms with van der Waals surface area (Å²) in [5, 5.41) is 10.2. The van der Waals surface area contributed by atoms with Gasteiger partial charge in [0.25, 0.3) is 0 Å². The van der Waals surface area contributed by atoms with Crippen LogP contribution in [0.25, 0.3) is 0 Å². The monoisotopic (exact) mass is 330 g/mol. The summed E-state index contributed by atoms with van der Waals surface area (Å²) in [7, 11) is 0. The minimum atomic E-state index is -0.346. The van der Waals surface area contributed by atoms with Crippen molar-refractivity contribution in [3.8, 4) is 0 Å². The third-order valence-electron chi connectivity index (χ3n) is 3.29. The summed E-state index contributed by atoms with van der Waals surface area (Å²) in [5.74, 6) is 0.715. The molecule has 23 heavy (non-hydrogen) atoms. The van der Waals surface area contributed by atoms with Crippen LogP contribution < -0.4 is 10.6 Å². The summed E-state index contributed by atoms with van der Waals surface area (Å²) < 4.78 is 7.17. The third kappa shape index (κ3) is 3.73. The number of hydrogen-bond donors (Lipinski definition) is 2. The number of benzene rings is 1. The van der Waals surface area contributed by atoms with Crippen LogP contribution in [0.4, 0.5) is 10.5 Å². The number of hydrogen-bond acceptors (Lipinski definition) is 3. The average Bonchev–Trinajstić information content (AvgIpc) is 3.23. The predicted molar refractivity (Wildman–Crippen MR) is 87.5 cm³/mol. The Bertz CT molecular complexity index is 722. The highest BCUT2D eigenvalue weighted by Crippen LogP contribution is 2.20. The van der Waals surface area contributed by atoms with Gasteiger partial charge in [-0.15, -0.1) is 0 Å². The van der Waals surface area contributed by atoms with Gasteiger partial charge < -0.3 is 15.1 Å². The second-order valence-corrected chi connectivity index (χ2v) is 5.24. The second kappa shape index (κ2) is 7.02. The summed E-state index contributed by atoms with van der Waals surface area (Å²) in [6.45, 7) is 0.325. The molecule has 2 amide bonds. The number of aromatic nitrogens is 2. The van der Waals surface area contributed by atoms with Crippen molar-refractivity contribution in [2.45, 2.75) is 6.04 Å². The lowest BCUT2D eigenvalue weighted by Gasteiger charge is -2.16. The molecule has 1 atom stereocenters. The number of nitrogens with zero attached hydrogens (tertiary/aromatic N) is 2. The van der Waals surface area contributed by atoms with Gasteiger partial charge in [-0.2, -0.15) is 5.10 Å². The standard InChI is InChI=1S/C16H15ClN4O2/c17-12-5-1-2-6-13(12)20-16(22)18-11-14(15-7-3-10-23-15)21-9-4-8-19-21/h1-10,14H,11H2,(H2,18,20,22). The van der Waals surface area contributed by atoms with E-state index < -0.39 is 0 Å². The van der Waals surface area contributed by atoms with Gasteiger partial charge in [0.05, 0.1) is 17.0 Å². The summed E-state index contributed by atoms with van der Waals surface area (Å²) in [4.78, 5) is 12.1. The van der Waals surface area contributed by atoms with E-state index in [-0.39, 0.29) is 12.1 Å². The number of nitrogens with one attached hydrogen (secondary N) is 2. The van der Waals surface area contributed by atoms with E-state index in [0.717, 1.165) is 0 Å². The van der Waals surface area contributed by atoms with Crippen molar-refractivity contribution in [1.29, 1.82) is 0 Å². The van der Waals surface area contributed by atoms with Crippen LogP contribution in [0.5, 0.6) is 0 Å². The molecule has 0 fully saturated rings. The van der Waals surface area contributed by atoms with Gasteiger partial charge in [-0.1, -0.05) is 23.7 Å². The molecule has 0 aliphatic rings. The van der Waals surface area contributed by atoms with E-state index in [2.05, 4.69) is 15.7 Å². The topological polar surface area (TPSA) is 72.1 Å². The number of carbonyl (C=O) groups is 1. The minimum absolute atomic E-state index is 0.225. The smallest absolute Gasteiger partial charge is 0.319 e. The van der Waals surface area contributed by atoms with E-state index in [1.165, 1.54) is 0 Å². The number of para-hydroxylation sites is 1. The highest BCUT2D eigenvalue weighted by atomic mass is 35.5. The molecule has 0 saturated heterocycles. The van der Waals surface area contributed by atoms with Crippen molar-refractivity contribution in [3.05, 3.63) is 71.9 Å². The Labute approximate surface area is 138 Å². The second-order valence-electron chi connectivity index (χ2n) is 4.83. The van der Waals surface area contributed by atoms with Gasteiger partial charge in [-0.25, -0.2) is 4.79 Å². The number of halogens is 1. The highest BCUT2D eigenvalue weighted by Gasteiger charge is 2.18. The zero-order chi connectivity index (χ0) is 16.1. The Kier molecular flexibility index (Phi) is 4.63. The molecule has 7 heteroatoms. The molecule has 0 saturated carbocycles. The molecule has 0 spiro atoms. The Morgan fingerprint density at radius 3 is 2.83 bits per heavy atom. The third-order valence-corrected chi connectivity index (χ3v) is 3.62. The van der Waals surface area contributed by atoms with Gasteiger partial charge in [0.1, 0.15) is 11.8 Å². The number of rotatable bonds is 5. The molecular weight excluding hydrogens is 316 g/mol. The van der Waals surface area contributed by atoms with Crippen LogP contribution in [0.2, 0.25) is 5.02 Å². The molecule has 0 aliphatic heterocycles. The van der Waals surface area contributed by atoms with Crippen LogP contribution in [0.3, 0.4) is 0 Å². The van der Waals surface area contributed by atoms with Gasteiger partial charge in [-0.3, -0.25) is 4.68 Å². The van der Waals surface area contributed by atoms with E-state index in [1.54, 1.807) is 47.5 Å². The van der Waals surface area contributed by atoms with E-state index in [1.807, 2.05) is 18.3 Å². The fraction of sp³-hybridized carbons (Fsp3) is 0.125. The van der Waals surface area contributed by atoms with Crippen molar-refractivity contribution in [1.82, 2.24) is 15.1 Å². The summed E-state index contributed by atoms with van der Waals surface area (Å²) in [5.41, 5.74) is 0.556. The van der Waals surface area contributed by atoms with Crippen LogP contribution in [-0.4, -0.2) is 22.4 Å². The van der Waals surface area contributed by atoms with E-state index in [4.69, 9.17) is 16.0 Å². The number of urea groups is 1. The van der Waals surface area contributed by atoms with Crippen molar-refractivity contribution in [3.63, 3.8) is 0 Å². The number of carbonyl (C=O) groups excluding carboxylic acids is 1. The molecule has 0 bridgehead atoms. The first-order valence-corrected chi connectivity index (χ1v) is 7.44. The Morgan fingerprint density at radius 1 is 1.26 bits per heavy atom. The van der Waals surface area contributed by atoms with E-state index in [9.17, 15) is 4.79 Å². The predicted octanol–water partition coefficient (Wildman–Crippen LogP) is 3.54. The molecule has 1 aromatic carbocycles. The first-order valence-electron chi connectivity index (χ1n) is 7.06. The molecule has 2 aromatic heterocycles. The quantitative estimate of drug-likeness (QED) is 0.751. The minimum Gasteiger partial charge on any atom is -0.467 e. The van der Waals surface area contributed by atoms with Crippen LogP contribution in [-0.2, 0) is 0 Å². The van der Waals surface area contributed by atoms with Crippen LogP contribution in [0.1, 0.15) is 11.8 Å². The molecule has 3 aromatic rings. The van der Waals surface area contributed by atoms with Gasteiger partial charge in [0.15, 0.2) is 0 Å². The maximum absolute atomic E-state index is 12.1. The largest absolute Gasteiger partial charge is 0.467 e. The lowest BCUT2D eigenvalue weighted by Crippen LogP contribution is -2.34. The number of anilines is 1. The maximum atomic E-state index is 12.1. The van der Waals surface area contributed by atoms with Crippen molar-refractivity contribution >= 4 is 23.3 Å². The zero-order valence-corrected chi connectivity index (χ0v) is 12.9. The molecule has 0 radical (unpaired) electrons. The van der Waals surface area contributed by atoms with E-state index >= 15 is 0 Å². The fourth-order valence-corrected chi connectivity index (χ4v) is 2.37. The van der Waals surface area contributed by atoms with Crippen molar-refractivity contribution in [2.75, 3.05) is 11.9 Å². The molecular formula is C16H15ClN4O2. The molecule has 118 valence electrons. The Hall–Kier alpha value is -2.73. The molecule has 6 nitrogen and oxygen atoms in total. The molecule has 1 unspecified atom stereocenters. The lowest BCUT2D eigenvalue weighted by atomic mass is 10.2. The summed E-state index contributed by atoms with van der Waals surface area (Å²) >= 11 is 6.02. The number of furan rings is 1. The van der Waals surface area contributed by atoms with Crippen molar-refractivity contribution < 1.29 is 9.21 Å². The first kappa shape index (κ1) is 15.2. The maximum Gasteiger partial charge on any atom is 0.319 e. The van der Waals surface area contributed by atoms with Crippen LogP contribution in [0.15, 0.2) is 65.5 Å². The molecule has 0 aliphatic carbocycles. The lowest BCUT2D eigenvalue weighted by molar-refractivity contribution is 0.250.